The first-order valence-electron chi connectivity index (χ1n) is 5.12. The molecule has 86 valence electrons. The molecule has 0 fully saturated rings. The number of rotatable bonds is 5. The fourth-order valence-corrected chi connectivity index (χ4v) is 1.98. The second-order valence-corrected chi connectivity index (χ2v) is 4.65. The van der Waals surface area contributed by atoms with Crippen molar-refractivity contribution in [2.45, 2.75) is 19.4 Å². The molecule has 0 spiro atoms. The summed E-state index contributed by atoms with van der Waals surface area (Å²) in [6.45, 7) is 2.05. The van der Waals surface area contributed by atoms with Gasteiger partial charge in [-0.2, -0.15) is 17.0 Å². The number of nitrogens with one attached hydrogen (secondary N) is 1. The van der Waals surface area contributed by atoms with Gasteiger partial charge >= 0.3 is 0 Å². The highest BCUT2D eigenvalue weighted by Crippen LogP contribution is 2.15. The van der Waals surface area contributed by atoms with Crippen molar-refractivity contribution in [3.8, 4) is 6.07 Å². The van der Waals surface area contributed by atoms with E-state index in [0.29, 0.717) is 11.3 Å². The summed E-state index contributed by atoms with van der Waals surface area (Å²) in [5.74, 6) is 0.688. The maximum atomic E-state index is 13.1. The molecule has 0 amide bonds. The molecular formula is C12H15FN2S. The lowest BCUT2D eigenvalue weighted by Crippen LogP contribution is -2.16. The molecule has 0 radical (unpaired) electrons. The summed E-state index contributed by atoms with van der Waals surface area (Å²) in [7, 11) is 0. The van der Waals surface area contributed by atoms with Crippen LogP contribution in [-0.4, -0.2) is 18.1 Å². The van der Waals surface area contributed by atoms with Gasteiger partial charge in [-0.1, -0.05) is 0 Å². The number of hydrogen-bond donors (Lipinski definition) is 1. The van der Waals surface area contributed by atoms with E-state index in [1.165, 1.54) is 12.1 Å². The highest BCUT2D eigenvalue weighted by Gasteiger charge is 2.04. The minimum Gasteiger partial charge on any atom is -0.382 e. The largest absolute Gasteiger partial charge is 0.382 e. The fourth-order valence-electron chi connectivity index (χ4n) is 1.39. The fraction of sp³-hybridized carbons (Fsp3) is 0.417. The van der Waals surface area contributed by atoms with Gasteiger partial charge in [-0.25, -0.2) is 4.39 Å². The lowest BCUT2D eigenvalue weighted by molar-refractivity contribution is 0.627. The van der Waals surface area contributed by atoms with Crippen LogP contribution in [0.2, 0.25) is 0 Å². The van der Waals surface area contributed by atoms with Gasteiger partial charge in [0.15, 0.2) is 0 Å². The summed E-state index contributed by atoms with van der Waals surface area (Å²) in [5.41, 5.74) is 1.02. The predicted octanol–water partition coefficient (Wildman–Crippen LogP) is 3.25. The van der Waals surface area contributed by atoms with Crippen LogP contribution < -0.4 is 5.32 Å². The highest BCUT2D eigenvalue weighted by atomic mass is 32.2. The van der Waals surface area contributed by atoms with Crippen LogP contribution in [0.3, 0.4) is 0 Å². The number of hydrogen-bond acceptors (Lipinski definition) is 3. The lowest BCUT2D eigenvalue weighted by atomic mass is 10.2. The van der Waals surface area contributed by atoms with Crippen molar-refractivity contribution in [2.24, 2.45) is 0 Å². The van der Waals surface area contributed by atoms with Crippen LogP contribution >= 0.6 is 11.8 Å². The van der Waals surface area contributed by atoms with Gasteiger partial charge in [-0.05, 0) is 43.6 Å². The minimum absolute atomic E-state index is 0.279. The van der Waals surface area contributed by atoms with E-state index in [1.807, 2.05) is 13.0 Å². The van der Waals surface area contributed by atoms with E-state index in [-0.39, 0.29) is 11.9 Å². The van der Waals surface area contributed by atoms with Crippen molar-refractivity contribution in [1.82, 2.24) is 0 Å². The van der Waals surface area contributed by atoms with Gasteiger partial charge < -0.3 is 5.32 Å². The lowest BCUT2D eigenvalue weighted by Gasteiger charge is -2.14. The average Bonchev–Trinajstić information content (AvgIpc) is 2.25. The summed E-state index contributed by atoms with van der Waals surface area (Å²) in [4.78, 5) is 0. The Morgan fingerprint density at radius 3 is 2.88 bits per heavy atom. The molecule has 0 aliphatic rings. The van der Waals surface area contributed by atoms with E-state index in [0.717, 1.165) is 12.2 Å². The third-order valence-electron chi connectivity index (χ3n) is 2.19. The topological polar surface area (TPSA) is 35.8 Å². The molecule has 16 heavy (non-hydrogen) atoms. The van der Waals surface area contributed by atoms with Crippen molar-refractivity contribution < 1.29 is 4.39 Å². The summed E-state index contributed by atoms with van der Waals surface area (Å²) in [6.07, 6.45) is 3.07. The van der Waals surface area contributed by atoms with Crippen LogP contribution in [0.25, 0.3) is 0 Å². The monoisotopic (exact) mass is 238 g/mol. The van der Waals surface area contributed by atoms with Gasteiger partial charge in [0.1, 0.15) is 5.82 Å². The number of benzene rings is 1. The molecule has 0 aliphatic carbocycles. The predicted molar refractivity (Wildman–Crippen MR) is 67.2 cm³/mol. The smallest absolute Gasteiger partial charge is 0.126 e. The molecule has 0 aromatic heterocycles. The Labute approximate surface area is 99.9 Å². The van der Waals surface area contributed by atoms with Gasteiger partial charge in [0, 0.05) is 11.7 Å². The average molecular weight is 238 g/mol. The quantitative estimate of drug-likeness (QED) is 0.855. The van der Waals surface area contributed by atoms with Gasteiger partial charge in [0.2, 0.25) is 0 Å². The van der Waals surface area contributed by atoms with Crippen molar-refractivity contribution in [1.29, 1.82) is 5.26 Å². The molecular weight excluding hydrogens is 223 g/mol. The second kappa shape index (κ2) is 6.39. The molecule has 1 aromatic rings. The summed E-state index contributed by atoms with van der Waals surface area (Å²) >= 11 is 1.78. The van der Waals surface area contributed by atoms with Gasteiger partial charge in [0.05, 0.1) is 11.6 Å². The van der Waals surface area contributed by atoms with Gasteiger partial charge in [-0.15, -0.1) is 0 Å². The van der Waals surface area contributed by atoms with Crippen LogP contribution in [0.1, 0.15) is 18.9 Å². The molecule has 0 bridgehead atoms. The first-order chi connectivity index (χ1) is 7.65. The molecule has 1 unspecified atom stereocenters. The number of anilines is 1. The van der Waals surface area contributed by atoms with Gasteiger partial charge in [0.25, 0.3) is 0 Å². The van der Waals surface area contributed by atoms with Crippen molar-refractivity contribution in [2.75, 3.05) is 17.3 Å². The molecule has 0 saturated heterocycles. The third-order valence-corrected chi connectivity index (χ3v) is 2.84. The normalized spacial score (nSPS) is 11.9. The van der Waals surface area contributed by atoms with Crippen molar-refractivity contribution in [3.05, 3.63) is 29.6 Å². The number of nitrogens with zero attached hydrogens (tertiary/aromatic N) is 1. The van der Waals surface area contributed by atoms with Crippen molar-refractivity contribution in [3.63, 3.8) is 0 Å². The van der Waals surface area contributed by atoms with Crippen LogP contribution in [0.4, 0.5) is 10.1 Å². The molecule has 2 nitrogen and oxygen atoms in total. The van der Waals surface area contributed by atoms with Crippen LogP contribution in [0.15, 0.2) is 18.2 Å². The Kier molecular flexibility index (Phi) is 5.13. The first kappa shape index (κ1) is 12.9. The number of thioether (sulfide) groups is 1. The zero-order valence-electron chi connectivity index (χ0n) is 9.46. The minimum atomic E-state index is -0.376. The SMILES string of the molecule is CSCCC(C)Nc1cc(F)cc(C#N)c1. The highest BCUT2D eigenvalue weighted by molar-refractivity contribution is 7.98. The molecule has 0 aliphatic heterocycles. The van der Waals surface area contributed by atoms with E-state index in [2.05, 4.69) is 11.6 Å². The van der Waals surface area contributed by atoms with Crippen LogP contribution in [-0.2, 0) is 0 Å². The van der Waals surface area contributed by atoms with Crippen molar-refractivity contribution >= 4 is 17.4 Å². The molecule has 1 atom stereocenters. The van der Waals surface area contributed by atoms with E-state index in [4.69, 9.17) is 5.26 Å². The Morgan fingerprint density at radius 2 is 2.25 bits per heavy atom. The van der Waals surface area contributed by atoms with Gasteiger partial charge in [-0.3, -0.25) is 0 Å². The summed E-state index contributed by atoms with van der Waals surface area (Å²) in [5, 5.41) is 11.9. The van der Waals surface area contributed by atoms with E-state index in [1.54, 1.807) is 17.8 Å². The summed E-state index contributed by atoms with van der Waals surface area (Å²) < 4.78 is 13.1. The Morgan fingerprint density at radius 1 is 1.50 bits per heavy atom. The Balaban J connectivity index is 2.66. The zero-order valence-corrected chi connectivity index (χ0v) is 10.3. The number of nitriles is 1. The first-order valence-corrected chi connectivity index (χ1v) is 6.51. The molecule has 4 heteroatoms. The molecule has 0 saturated carbocycles. The maximum Gasteiger partial charge on any atom is 0.126 e. The zero-order chi connectivity index (χ0) is 12.0. The van der Waals surface area contributed by atoms with E-state index >= 15 is 0 Å². The summed E-state index contributed by atoms with van der Waals surface area (Å²) in [6, 6.07) is 6.53. The Hall–Kier alpha value is -1.21. The molecule has 1 N–H and O–H groups in total. The molecule has 1 rings (SSSR count). The standard InChI is InChI=1S/C12H15FN2S/c1-9(3-4-16-2)15-12-6-10(8-14)5-11(13)7-12/h5-7,9,15H,3-4H2,1-2H3. The van der Waals surface area contributed by atoms with Crippen LogP contribution in [0, 0.1) is 17.1 Å². The molecule has 1 aromatic carbocycles. The van der Waals surface area contributed by atoms with E-state index < -0.39 is 0 Å². The van der Waals surface area contributed by atoms with E-state index in [9.17, 15) is 4.39 Å². The Bertz CT molecular complexity index is 387. The number of halogens is 1. The van der Waals surface area contributed by atoms with Crippen LogP contribution in [0.5, 0.6) is 0 Å². The third kappa shape index (κ3) is 4.11. The molecule has 0 heterocycles. The maximum absolute atomic E-state index is 13.1. The second-order valence-electron chi connectivity index (χ2n) is 3.67.